The maximum atomic E-state index is 12.8. The Morgan fingerprint density at radius 3 is 0.790 bits per heavy atom. The summed E-state index contributed by atoms with van der Waals surface area (Å²) in [7, 11) is 0. The van der Waals surface area contributed by atoms with E-state index in [-0.39, 0.29) is 37.7 Å². The van der Waals surface area contributed by atoms with Gasteiger partial charge in [-0.2, -0.15) is 0 Å². The molecular formula is C55H100O7. The molecule has 0 aliphatic heterocycles. The van der Waals surface area contributed by atoms with Crippen LogP contribution in [-0.4, -0.2) is 49.4 Å². The van der Waals surface area contributed by atoms with Gasteiger partial charge in [0.05, 0.1) is 12.0 Å². The zero-order valence-corrected chi connectivity index (χ0v) is 41.1. The summed E-state index contributed by atoms with van der Waals surface area (Å²) in [5.74, 6) is -1.03. The van der Waals surface area contributed by atoms with Crippen LogP contribution in [0, 0.1) is 5.41 Å². The van der Waals surface area contributed by atoms with Crippen LogP contribution in [0.3, 0.4) is 0 Å². The number of allylic oxidation sites excluding steroid dienone is 6. The van der Waals surface area contributed by atoms with Crippen LogP contribution in [0.4, 0.5) is 0 Å². The summed E-state index contributed by atoms with van der Waals surface area (Å²) in [6.07, 6.45) is 55.4. The number of aliphatic hydroxyl groups is 1. The zero-order chi connectivity index (χ0) is 45.3. The van der Waals surface area contributed by atoms with Gasteiger partial charge in [-0.1, -0.05) is 186 Å². The Morgan fingerprint density at radius 1 is 0.339 bits per heavy atom. The van der Waals surface area contributed by atoms with E-state index < -0.39 is 12.0 Å². The second kappa shape index (κ2) is 48.1. The molecule has 362 valence electrons. The molecule has 0 aromatic carbocycles. The number of unbranched alkanes of at least 4 members (excludes halogenated alkanes) is 29. The van der Waals surface area contributed by atoms with Crippen LogP contribution < -0.4 is 0 Å². The second-order valence-corrected chi connectivity index (χ2v) is 18.2. The molecule has 0 amide bonds. The highest BCUT2D eigenvalue weighted by Crippen LogP contribution is 2.22. The SMILES string of the molecule is CCCCCCC=CCCCCCCCC(=O)OCC(CO)(COC(=O)CCCCCCCC=CCCCCCC)COC(=O)CCCCCCCC=CCCCCCCCC. The van der Waals surface area contributed by atoms with Crippen LogP contribution in [0.2, 0.25) is 0 Å². The van der Waals surface area contributed by atoms with Crippen molar-refractivity contribution in [3.8, 4) is 0 Å². The first-order chi connectivity index (χ1) is 30.4. The lowest BCUT2D eigenvalue weighted by Gasteiger charge is -2.30. The minimum Gasteiger partial charge on any atom is -0.465 e. The number of hydrogen-bond donors (Lipinski definition) is 1. The molecule has 0 heterocycles. The van der Waals surface area contributed by atoms with Crippen molar-refractivity contribution in [2.45, 2.75) is 265 Å². The fourth-order valence-corrected chi connectivity index (χ4v) is 7.49. The number of aliphatic hydroxyl groups excluding tert-OH is 1. The largest absolute Gasteiger partial charge is 0.465 e. The van der Waals surface area contributed by atoms with Crippen LogP contribution >= 0.6 is 0 Å². The molecule has 7 nitrogen and oxygen atoms in total. The number of hydrogen-bond acceptors (Lipinski definition) is 7. The number of carbonyl (C=O) groups excluding carboxylic acids is 3. The molecule has 1 N–H and O–H groups in total. The van der Waals surface area contributed by atoms with Gasteiger partial charge in [-0.05, 0) is 96.3 Å². The predicted octanol–water partition coefficient (Wildman–Crippen LogP) is 16.1. The van der Waals surface area contributed by atoms with Crippen LogP contribution in [0.1, 0.15) is 265 Å². The summed E-state index contributed by atoms with van der Waals surface area (Å²) < 4.78 is 16.9. The van der Waals surface area contributed by atoms with Gasteiger partial charge in [0.25, 0.3) is 0 Å². The standard InChI is InChI=1S/C55H100O7/c1-4-7-10-13-16-19-22-25-26-29-32-35-38-41-44-47-54(59)62-51-55(48-56,49-60-52(57)45-42-39-36-33-30-27-23-20-17-14-11-8-5-2)50-61-53(58)46-43-40-37-34-31-28-24-21-18-15-12-9-6-3/h20-21,23-26,56H,4-19,22,27-51H2,1-3H3. The molecule has 0 bridgehead atoms. The summed E-state index contributed by atoms with van der Waals surface area (Å²) >= 11 is 0. The van der Waals surface area contributed by atoms with Gasteiger partial charge in [0.1, 0.15) is 19.8 Å². The van der Waals surface area contributed by atoms with E-state index in [0.717, 1.165) is 96.3 Å². The predicted molar refractivity (Wildman–Crippen MR) is 262 cm³/mol. The fourth-order valence-electron chi connectivity index (χ4n) is 7.49. The van der Waals surface area contributed by atoms with Gasteiger partial charge < -0.3 is 19.3 Å². The lowest BCUT2D eigenvalue weighted by atomic mass is 9.92. The summed E-state index contributed by atoms with van der Waals surface area (Å²) in [5.41, 5.74) is -1.20. The van der Waals surface area contributed by atoms with E-state index in [0.29, 0.717) is 19.3 Å². The molecule has 0 aliphatic rings. The molecule has 0 aromatic heterocycles. The molecule has 0 aliphatic carbocycles. The number of rotatable bonds is 48. The highest BCUT2D eigenvalue weighted by molar-refractivity contribution is 5.70. The van der Waals surface area contributed by atoms with Gasteiger partial charge >= 0.3 is 17.9 Å². The molecule has 0 rings (SSSR count). The van der Waals surface area contributed by atoms with Gasteiger partial charge in [0, 0.05) is 19.3 Å². The van der Waals surface area contributed by atoms with Crippen LogP contribution in [-0.2, 0) is 28.6 Å². The smallest absolute Gasteiger partial charge is 0.305 e. The molecule has 7 heteroatoms. The zero-order valence-electron chi connectivity index (χ0n) is 41.1. The van der Waals surface area contributed by atoms with E-state index in [9.17, 15) is 19.5 Å². The Hall–Kier alpha value is -2.41. The summed E-state index contributed by atoms with van der Waals surface area (Å²) in [5, 5.41) is 10.5. The van der Waals surface area contributed by atoms with Crippen molar-refractivity contribution < 1.29 is 33.7 Å². The minimum absolute atomic E-state index is 0.172. The lowest BCUT2D eigenvalue weighted by molar-refractivity contribution is -0.165. The third-order valence-corrected chi connectivity index (χ3v) is 11.9. The summed E-state index contributed by atoms with van der Waals surface area (Å²) in [6, 6.07) is 0. The normalized spacial score (nSPS) is 12.8. The first-order valence-electron chi connectivity index (χ1n) is 26.5. The van der Waals surface area contributed by atoms with Crippen molar-refractivity contribution in [1.82, 2.24) is 0 Å². The minimum atomic E-state index is -1.20. The van der Waals surface area contributed by atoms with Crippen molar-refractivity contribution in [3.05, 3.63) is 36.5 Å². The van der Waals surface area contributed by atoms with E-state index in [1.807, 2.05) is 0 Å². The molecule has 0 unspecified atom stereocenters. The molecule has 0 fully saturated rings. The van der Waals surface area contributed by atoms with E-state index in [1.54, 1.807) is 0 Å². The number of carbonyl (C=O) groups is 3. The highest BCUT2D eigenvalue weighted by Gasteiger charge is 2.35. The van der Waals surface area contributed by atoms with Gasteiger partial charge in [0.15, 0.2) is 0 Å². The Bertz CT molecular complexity index is 1030. The van der Waals surface area contributed by atoms with E-state index >= 15 is 0 Å². The average molecular weight is 873 g/mol. The van der Waals surface area contributed by atoms with Crippen LogP contribution in [0.5, 0.6) is 0 Å². The average Bonchev–Trinajstić information content (AvgIpc) is 3.28. The molecular weight excluding hydrogens is 773 g/mol. The number of ether oxygens (including phenoxy) is 3. The van der Waals surface area contributed by atoms with E-state index in [2.05, 4.69) is 57.2 Å². The Labute approximate surface area is 383 Å². The quantitative estimate of drug-likeness (QED) is 0.0281. The van der Waals surface area contributed by atoms with Crippen molar-refractivity contribution in [2.75, 3.05) is 26.4 Å². The van der Waals surface area contributed by atoms with Gasteiger partial charge in [-0.15, -0.1) is 0 Å². The molecule has 0 saturated heterocycles. The lowest BCUT2D eigenvalue weighted by Crippen LogP contribution is -2.42. The maximum Gasteiger partial charge on any atom is 0.305 e. The number of esters is 3. The fraction of sp³-hybridized carbons (Fsp3) is 0.836. The molecule has 0 radical (unpaired) electrons. The topological polar surface area (TPSA) is 99.1 Å². The van der Waals surface area contributed by atoms with Crippen molar-refractivity contribution >= 4 is 17.9 Å². The molecule has 0 saturated carbocycles. The highest BCUT2D eigenvalue weighted by atomic mass is 16.6. The Balaban J connectivity index is 4.64. The monoisotopic (exact) mass is 873 g/mol. The van der Waals surface area contributed by atoms with Crippen molar-refractivity contribution in [3.63, 3.8) is 0 Å². The van der Waals surface area contributed by atoms with Crippen molar-refractivity contribution in [1.29, 1.82) is 0 Å². The molecule has 62 heavy (non-hydrogen) atoms. The molecule has 0 aromatic rings. The summed E-state index contributed by atoms with van der Waals surface area (Å²) in [4.78, 5) is 38.3. The first kappa shape index (κ1) is 59.6. The van der Waals surface area contributed by atoms with Crippen LogP contribution in [0.15, 0.2) is 36.5 Å². The Morgan fingerprint density at radius 2 is 0.548 bits per heavy atom. The van der Waals surface area contributed by atoms with Gasteiger partial charge in [-0.25, -0.2) is 0 Å². The Kier molecular flexibility index (Phi) is 46.2. The van der Waals surface area contributed by atoms with E-state index in [4.69, 9.17) is 14.2 Å². The second-order valence-electron chi connectivity index (χ2n) is 18.2. The van der Waals surface area contributed by atoms with E-state index in [1.165, 1.54) is 128 Å². The van der Waals surface area contributed by atoms with Gasteiger partial charge in [-0.3, -0.25) is 14.4 Å². The maximum absolute atomic E-state index is 12.8. The molecule has 0 spiro atoms. The molecule has 0 atom stereocenters. The van der Waals surface area contributed by atoms with Crippen LogP contribution in [0.25, 0.3) is 0 Å². The first-order valence-corrected chi connectivity index (χ1v) is 26.5. The van der Waals surface area contributed by atoms with Gasteiger partial charge in [0.2, 0.25) is 0 Å². The summed E-state index contributed by atoms with van der Waals surface area (Å²) in [6.45, 7) is 5.78. The third-order valence-electron chi connectivity index (χ3n) is 11.9. The third kappa shape index (κ3) is 42.9. The van der Waals surface area contributed by atoms with Crippen molar-refractivity contribution in [2.24, 2.45) is 5.41 Å².